The number of amides is 2. The van der Waals surface area contributed by atoms with Crippen LogP contribution in [-0.2, 0) is 9.59 Å². The SMILES string of the molecule is CC1CN1C(=O)CCCCC(N)=O. The van der Waals surface area contributed by atoms with Crippen LogP contribution in [0.5, 0.6) is 0 Å². The van der Waals surface area contributed by atoms with Gasteiger partial charge in [0.15, 0.2) is 0 Å². The Labute approximate surface area is 78.1 Å². The van der Waals surface area contributed by atoms with E-state index >= 15 is 0 Å². The number of carbonyl (C=O) groups is 2. The first-order valence-electron chi connectivity index (χ1n) is 4.69. The third-order valence-electron chi connectivity index (χ3n) is 2.24. The van der Waals surface area contributed by atoms with Crippen LogP contribution in [0.3, 0.4) is 0 Å². The molecule has 0 saturated carbocycles. The summed E-state index contributed by atoms with van der Waals surface area (Å²) in [6, 6.07) is 0.434. The smallest absolute Gasteiger partial charge is 0.222 e. The van der Waals surface area contributed by atoms with Gasteiger partial charge in [0.25, 0.3) is 0 Å². The predicted molar refractivity (Wildman–Crippen MR) is 48.8 cm³/mol. The molecule has 0 radical (unpaired) electrons. The van der Waals surface area contributed by atoms with Crippen molar-refractivity contribution in [3.63, 3.8) is 0 Å². The van der Waals surface area contributed by atoms with Crippen LogP contribution in [0.4, 0.5) is 0 Å². The highest BCUT2D eigenvalue weighted by molar-refractivity contribution is 5.79. The van der Waals surface area contributed by atoms with Crippen molar-refractivity contribution < 1.29 is 9.59 Å². The summed E-state index contributed by atoms with van der Waals surface area (Å²) in [7, 11) is 0. The largest absolute Gasteiger partial charge is 0.370 e. The highest BCUT2D eigenvalue weighted by Gasteiger charge is 2.32. The lowest BCUT2D eigenvalue weighted by molar-refractivity contribution is -0.126. The van der Waals surface area contributed by atoms with Crippen LogP contribution in [0.1, 0.15) is 32.6 Å². The summed E-state index contributed by atoms with van der Waals surface area (Å²) in [6.45, 7) is 2.93. The molecule has 1 aliphatic heterocycles. The fourth-order valence-corrected chi connectivity index (χ4v) is 1.30. The summed E-state index contributed by atoms with van der Waals surface area (Å²) < 4.78 is 0. The summed E-state index contributed by atoms with van der Waals surface area (Å²) in [5.41, 5.74) is 4.97. The Balaban J connectivity index is 1.99. The summed E-state index contributed by atoms with van der Waals surface area (Å²) in [5, 5.41) is 0. The zero-order valence-electron chi connectivity index (χ0n) is 7.95. The fraction of sp³-hybridized carbons (Fsp3) is 0.778. The number of nitrogens with zero attached hydrogens (tertiary/aromatic N) is 1. The Hall–Kier alpha value is -1.06. The van der Waals surface area contributed by atoms with Crippen molar-refractivity contribution in [1.82, 2.24) is 4.90 Å². The van der Waals surface area contributed by atoms with Gasteiger partial charge in [0.05, 0.1) is 0 Å². The van der Waals surface area contributed by atoms with E-state index in [0.29, 0.717) is 18.9 Å². The molecule has 1 aliphatic rings. The van der Waals surface area contributed by atoms with Crippen LogP contribution < -0.4 is 5.73 Å². The topological polar surface area (TPSA) is 63.2 Å². The Morgan fingerprint density at radius 1 is 1.38 bits per heavy atom. The third-order valence-corrected chi connectivity index (χ3v) is 2.24. The van der Waals surface area contributed by atoms with Gasteiger partial charge in [-0.25, -0.2) is 0 Å². The van der Waals surface area contributed by atoms with Gasteiger partial charge in [-0.15, -0.1) is 0 Å². The standard InChI is InChI=1S/C9H16N2O2/c1-7-6-11(7)9(13)5-3-2-4-8(10)12/h7H,2-6H2,1H3,(H2,10,12). The minimum atomic E-state index is -0.285. The van der Waals surface area contributed by atoms with Gasteiger partial charge >= 0.3 is 0 Å². The number of carbonyl (C=O) groups excluding carboxylic acids is 2. The molecule has 0 aliphatic carbocycles. The van der Waals surface area contributed by atoms with Crippen molar-refractivity contribution in [2.75, 3.05) is 6.54 Å². The van der Waals surface area contributed by atoms with Crippen molar-refractivity contribution in [3.05, 3.63) is 0 Å². The molecule has 0 aromatic carbocycles. The molecule has 0 aromatic heterocycles. The highest BCUT2D eigenvalue weighted by atomic mass is 16.2. The maximum atomic E-state index is 11.3. The lowest BCUT2D eigenvalue weighted by Gasteiger charge is -2.01. The van der Waals surface area contributed by atoms with Crippen molar-refractivity contribution in [1.29, 1.82) is 0 Å². The normalized spacial score (nSPS) is 20.1. The van der Waals surface area contributed by atoms with E-state index in [-0.39, 0.29) is 11.8 Å². The summed E-state index contributed by atoms with van der Waals surface area (Å²) in [5.74, 6) is -0.0792. The van der Waals surface area contributed by atoms with Crippen LogP contribution in [-0.4, -0.2) is 29.3 Å². The molecule has 0 aromatic rings. The molecule has 1 atom stereocenters. The number of hydrogen-bond donors (Lipinski definition) is 1. The number of rotatable bonds is 5. The quantitative estimate of drug-likeness (QED) is 0.492. The van der Waals surface area contributed by atoms with Gasteiger partial charge in [-0.1, -0.05) is 0 Å². The van der Waals surface area contributed by atoms with Crippen LogP contribution >= 0.6 is 0 Å². The average Bonchev–Trinajstić information content (AvgIpc) is 2.75. The predicted octanol–water partition coefficient (Wildman–Crippen LogP) is 0.263. The Kier molecular flexibility index (Phi) is 3.28. The second-order valence-corrected chi connectivity index (χ2v) is 3.57. The maximum absolute atomic E-state index is 11.3. The van der Waals surface area contributed by atoms with E-state index in [0.717, 1.165) is 19.4 Å². The Morgan fingerprint density at radius 3 is 2.38 bits per heavy atom. The van der Waals surface area contributed by atoms with Gasteiger partial charge in [0.1, 0.15) is 0 Å². The zero-order chi connectivity index (χ0) is 9.84. The van der Waals surface area contributed by atoms with E-state index in [9.17, 15) is 9.59 Å². The molecule has 13 heavy (non-hydrogen) atoms. The number of nitrogens with two attached hydrogens (primary N) is 1. The lowest BCUT2D eigenvalue weighted by Crippen LogP contribution is -2.13. The van der Waals surface area contributed by atoms with Crippen molar-refractivity contribution in [2.24, 2.45) is 5.73 Å². The zero-order valence-corrected chi connectivity index (χ0v) is 7.95. The Morgan fingerprint density at radius 2 is 1.92 bits per heavy atom. The second kappa shape index (κ2) is 4.25. The van der Waals surface area contributed by atoms with E-state index in [2.05, 4.69) is 0 Å². The minimum Gasteiger partial charge on any atom is -0.370 e. The fourth-order valence-electron chi connectivity index (χ4n) is 1.30. The van der Waals surface area contributed by atoms with E-state index in [4.69, 9.17) is 5.73 Å². The molecule has 0 bridgehead atoms. The molecule has 1 heterocycles. The molecule has 2 N–H and O–H groups in total. The van der Waals surface area contributed by atoms with Gasteiger partial charge in [-0.05, 0) is 19.8 Å². The van der Waals surface area contributed by atoms with Gasteiger partial charge in [-0.3, -0.25) is 9.59 Å². The van der Waals surface area contributed by atoms with Gasteiger partial charge in [0, 0.05) is 25.4 Å². The molecule has 1 unspecified atom stereocenters. The van der Waals surface area contributed by atoms with Crippen molar-refractivity contribution in [2.45, 2.75) is 38.6 Å². The Bertz CT molecular complexity index is 216. The molecule has 1 rings (SSSR count). The highest BCUT2D eigenvalue weighted by Crippen LogP contribution is 2.18. The molecule has 1 fully saturated rings. The third kappa shape index (κ3) is 3.44. The van der Waals surface area contributed by atoms with E-state index in [1.165, 1.54) is 0 Å². The van der Waals surface area contributed by atoms with Gasteiger partial charge in [0.2, 0.25) is 11.8 Å². The molecule has 2 amide bonds. The summed E-state index contributed by atoms with van der Waals surface area (Å²) in [4.78, 5) is 23.5. The number of hydrogen-bond acceptors (Lipinski definition) is 2. The van der Waals surface area contributed by atoms with Crippen LogP contribution in [0.15, 0.2) is 0 Å². The minimum absolute atomic E-state index is 0.206. The molecule has 74 valence electrons. The first-order chi connectivity index (χ1) is 6.11. The number of unbranched alkanes of at least 4 members (excludes halogenated alkanes) is 1. The molecular weight excluding hydrogens is 168 g/mol. The summed E-state index contributed by atoms with van der Waals surface area (Å²) >= 11 is 0. The van der Waals surface area contributed by atoms with Crippen molar-refractivity contribution >= 4 is 11.8 Å². The van der Waals surface area contributed by atoms with Gasteiger partial charge < -0.3 is 10.6 Å². The average molecular weight is 184 g/mol. The molecule has 0 spiro atoms. The van der Waals surface area contributed by atoms with Crippen LogP contribution in [0.2, 0.25) is 0 Å². The monoisotopic (exact) mass is 184 g/mol. The maximum Gasteiger partial charge on any atom is 0.222 e. The molecule has 1 saturated heterocycles. The van der Waals surface area contributed by atoms with Gasteiger partial charge in [-0.2, -0.15) is 0 Å². The first-order valence-corrected chi connectivity index (χ1v) is 4.69. The van der Waals surface area contributed by atoms with Crippen LogP contribution in [0.25, 0.3) is 0 Å². The van der Waals surface area contributed by atoms with Crippen LogP contribution in [0, 0.1) is 0 Å². The summed E-state index contributed by atoms with van der Waals surface area (Å²) in [6.07, 6.45) is 2.44. The lowest BCUT2D eigenvalue weighted by atomic mass is 10.2. The number of primary amides is 1. The van der Waals surface area contributed by atoms with E-state index in [1.807, 2.05) is 11.8 Å². The first kappa shape index (κ1) is 10.0. The van der Waals surface area contributed by atoms with E-state index < -0.39 is 0 Å². The van der Waals surface area contributed by atoms with E-state index in [1.54, 1.807) is 0 Å². The molecule has 4 heteroatoms. The second-order valence-electron chi connectivity index (χ2n) is 3.57. The molecular formula is C9H16N2O2. The molecule has 4 nitrogen and oxygen atoms in total. The van der Waals surface area contributed by atoms with Crippen molar-refractivity contribution in [3.8, 4) is 0 Å².